The van der Waals surface area contributed by atoms with Crippen LogP contribution >= 0.6 is 0 Å². The van der Waals surface area contributed by atoms with Crippen molar-refractivity contribution in [1.82, 2.24) is 5.32 Å². The van der Waals surface area contributed by atoms with Gasteiger partial charge in [0.15, 0.2) is 0 Å². The van der Waals surface area contributed by atoms with E-state index in [0.29, 0.717) is 6.54 Å². The van der Waals surface area contributed by atoms with E-state index in [2.05, 4.69) is 17.2 Å². The van der Waals surface area contributed by atoms with E-state index in [1.54, 1.807) is 0 Å². The molecule has 0 aliphatic carbocycles. The minimum atomic E-state index is -0.0636. The number of hydrogen-bond acceptors (Lipinski definition) is 2. The van der Waals surface area contributed by atoms with Crippen molar-refractivity contribution in [1.29, 1.82) is 0 Å². The highest BCUT2D eigenvalue weighted by molar-refractivity contribution is 5.33. The van der Waals surface area contributed by atoms with Crippen LogP contribution in [0.4, 0.5) is 0 Å². The van der Waals surface area contributed by atoms with Crippen molar-refractivity contribution >= 4 is 0 Å². The Balaban J connectivity index is 1.90. The Labute approximate surface area is 114 Å². The smallest absolute Gasteiger partial charge is 0.0626 e. The van der Waals surface area contributed by atoms with Crippen molar-refractivity contribution in [2.24, 2.45) is 0 Å². The van der Waals surface area contributed by atoms with Crippen LogP contribution in [0.5, 0.6) is 0 Å². The second kappa shape index (κ2) is 7.38. The summed E-state index contributed by atoms with van der Waals surface area (Å²) in [5, 5.41) is 12.6. The Kier molecular flexibility index (Phi) is 5.18. The molecule has 2 N–H and O–H groups in total. The molecule has 0 radical (unpaired) electrons. The van der Waals surface area contributed by atoms with Crippen LogP contribution in [0.1, 0.15) is 17.2 Å². The summed E-state index contributed by atoms with van der Waals surface area (Å²) in [5.74, 6) is 6.15. The Bertz CT molecular complexity index is 540. The lowest BCUT2D eigenvalue weighted by molar-refractivity contribution is 0.248. The monoisotopic (exact) mass is 251 g/mol. The zero-order valence-electron chi connectivity index (χ0n) is 10.7. The Hall–Kier alpha value is -2.08. The second-order valence-electron chi connectivity index (χ2n) is 4.19. The van der Waals surface area contributed by atoms with Gasteiger partial charge in [0.25, 0.3) is 0 Å². The normalized spacial score (nSPS) is 11.4. The lowest BCUT2D eigenvalue weighted by Crippen LogP contribution is -2.24. The first-order chi connectivity index (χ1) is 9.40. The largest absolute Gasteiger partial charge is 0.394 e. The fourth-order valence-corrected chi connectivity index (χ4v) is 1.82. The van der Waals surface area contributed by atoms with Crippen molar-refractivity contribution in [2.75, 3.05) is 13.2 Å². The first-order valence-corrected chi connectivity index (χ1v) is 6.33. The molecule has 2 aromatic carbocycles. The lowest BCUT2D eigenvalue weighted by Gasteiger charge is -2.14. The van der Waals surface area contributed by atoms with E-state index in [4.69, 9.17) is 0 Å². The Morgan fingerprint density at radius 3 is 2.21 bits per heavy atom. The summed E-state index contributed by atoms with van der Waals surface area (Å²) in [4.78, 5) is 0. The fraction of sp³-hybridized carbons (Fsp3) is 0.176. The zero-order chi connectivity index (χ0) is 13.3. The molecule has 0 saturated heterocycles. The van der Waals surface area contributed by atoms with Crippen LogP contribution in [0.15, 0.2) is 60.7 Å². The quantitative estimate of drug-likeness (QED) is 0.818. The maximum Gasteiger partial charge on any atom is 0.0626 e. The summed E-state index contributed by atoms with van der Waals surface area (Å²) in [6.45, 7) is 0.617. The van der Waals surface area contributed by atoms with Gasteiger partial charge in [-0.05, 0) is 17.7 Å². The van der Waals surface area contributed by atoms with Crippen molar-refractivity contribution in [3.8, 4) is 11.8 Å². The molecular formula is C17H17NO. The van der Waals surface area contributed by atoms with E-state index < -0.39 is 0 Å². The number of aliphatic hydroxyl groups excluding tert-OH is 1. The SMILES string of the molecule is OCC(NCC#Cc1ccccc1)c1ccccc1. The standard InChI is InChI=1S/C17H17NO/c19-14-17(16-11-5-2-6-12-16)18-13-7-10-15-8-3-1-4-9-15/h1-6,8-9,11-12,17-19H,13-14H2. The van der Waals surface area contributed by atoms with Crippen LogP contribution < -0.4 is 5.32 Å². The van der Waals surface area contributed by atoms with Crippen LogP contribution in [0.3, 0.4) is 0 Å². The van der Waals surface area contributed by atoms with Gasteiger partial charge in [0.2, 0.25) is 0 Å². The summed E-state index contributed by atoms with van der Waals surface area (Å²) in [6, 6.07) is 19.7. The number of aliphatic hydroxyl groups is 1. The van der Waals surface area contributed by atoms with Gasteiger partial charge in [0, 0.05) is 5.56 Å². The number of rotatable bonds is 4. The highest BCUT2D eigenvalue weighted by atomic mass is 16.3. The van der Waals surface area contributed by atoms with Gasteiger partial charge >= 0.3 is 0 Å². The maximum absolute atomic E-state index is 9.39. The molecule has 0 fully saturated rings. The average Bonchev–Trinajstić information content (AvgIpc) is 2.49. The molecule has 0 saturated carbocycles. The minimum absolute atomic E-state index is 0.0636. The summed E-state index contributed by atoms with van der Waals surface area (Å²) < 4.78 is 0. The summed E-state index contributed by atoms with van der Waals surface area (Å²) in [7, 11) is 0. The van der Waals surface area contributed by atoms with E-state index in [9.17, 15) is 5.11 Å². The Morgan fingerprint density at radius 1 is 0.947 bits per heavy atom. The molecule has 1 atom stereocenters. The third kappa shape index (κ3) is 4.26. The topological polar surface area (TPSA) is 32.3 Å². The van der Waals surface area contributed by atoms with E-state index >= 15 is 0 Å². The molecule has 96 valence electrons. The molecule has 2 aromatic rings. The van der Waals surface area contributed by atoms with Crippen LogP contribution in [0.2, 0.25) is 0 Å². The summed E-state index contributed by atoms with van der Waals surface area (Å²) in [5.41, 5.74) is 2.08. The second-order valence-corrected chi connectivity index (χ2v) is 4.19. The molecule has 0 bridgehead atoms. The van der Waals surface area contributed by atoms with Crippen molar-refractivity contribution in [3.63, 3.8) is 0 Å². The zero-order valence-corrected chi connectivity index (χ0v) is 10.7. The van der Waals surface area contributed by atoms with Crippen LogP contribution in [-0.4, -0.2) is 18.3 Å². The molecule has 0 aliphatic rings. The van der Waals surface area contributed by atoms with Crippen LogP contribution in [-0.2, 0) is 0 Å². The van der Waals surface area contributed by atoms with Crippen molar-refractivity contribution < 1.29 is 5.11 Å². The van der Waals surface area contributed by atoms with Gasteiger partial charge in [-0.15, -0.1) is 0 Å². The molecule has 0 heterocycles. The predicted molar refractivity (Wildman–Crippen MR) is 77.6 cm³/mol. The molecule has 0 aromatic heterocycles. The van der Waals surface area contributed by atoms with E-state index in [-0.39, 0.29) is 12.6 Å². The number of nitrogens with one attached hydrogen (secondary N) is 1. The van der Waals surface area contributed by atoms with E-state index in [1.807, 2.05) is 60.7 Å². The lowest BCUT2D eigenvalue weighted by atomic mass is 10.1. The molecule has 2 heteroatoms. The minimum Gasteiger partial charge on any atom is -0.394 e. The first-order valence-electron chi connectivity index (χ1n) is 6.33. The molecule has 2 rings (SSSR count). The predicted octanol–water partition coefficient (Wildman–Crippen LogP) is 2.36. The molecular weight excluding hydrogens is 234 g/mol. The van der Waals surface area contributed by atoms with E-state index in [0.717, 1.165) is 11.1 Å². The molecule has 0 aliphatic heterocycles. The third-order valence-electron chi connectivity index (χ3n) is 2.83. The van der Waals surface area contributed by atoms with Gasteiger partial charge in [-0.2, -0.15) is 0 Å². The Morgan fingerprint density at radius 2 is 1.58 bits per heavy atom. The number of benzene rings is 2. The number of hydrogen-bond donors (Lipinski definition) is 2. The van der Waals surface area contributed by atoms with Crippen LogP contribution in [0, 0.1) is 11.8 Å². The van der Waals surface area contributed by atoms with E-state index in [1.165, 1.54) is 0 Å². The molecule has 0 spiro atoms. The molecule has 2 nitrogen and oxygen atoms in total. The highest BCUT2D eigenvalue weighted by Gasteiger charge is 2.07. The van der Waals surface area contributed by atoms with Crippen molar-refractivity contribution in [3.05, 3.63) is 71.8 Å². The molecule has 0 amide bonds. The maximum atomic E-state index is 9.39. The fourth-order valence-electron chi connectivity index (χ4n) is 1.82. The van der Waals surface area contributed by atoms with Gasteiger partial charge in [-0.1, -0.05) is 60.4 Å². The third-order valence-corrected chi connectivity index (χ3v) is 2.83. The highest BCUT2D eigenvalue weighted by Crippen LogP contribution is 2.10. The average molecular weight is 251 g/mol. The van der Waals surface area contributed by atoms with Gasteiger partial charge in [0.1, 0.15) is 0 Å². The molecule has 1 unspecified atom stereocenters. The van der Waals surface area contributed by atoms with Gasteiger partial charge in [-0.3, -0.25) is 5.32 Å². The van der Waals surface area contributed by atoms with Crippen molar-refractivity contribution in [2.45, 2.75) is 6.04 Å². The first kappa shape index (κ1) is 13.4. The summed E-state index contributed by atoms with van der Waals surface area (Å²) >= 11 is 0. The summed E-state index contributed by atoms with van der Waals surface area (Å²) in [6.07, 6.45) is 0. The van der Waals surface area contributed by atoms with Gasteiger partial charge in [-0.25, -0.2) is 0 Å². The molecule has 19 heavy (non-hydrogen) atoms. The van der Waals surface area contributed by atoms with Gasteiger partial charge in [0.05, 0.1) is 19.2 Å². The van der Waals surface area contributed by atoms with Gasteiger partial charge < -0.3 is 5.11 Å². The van der Waals surface area contributed by atoms with Crippen LogP contribution in [0.25, 0.3) is 0 Å².